The van der Waals surface area contributed by atoms with E-state index in [1.54, 1.807) is 22.2 Å². The molecular weight excluding hydrogens is 346 g/mol. The average molecular weight is 367 g/mol. The third-order valence-electron chi connectivity index (χ3n) is 4.55. The summed E-state index contributed by atoms with van der Waals surface area (Å²) in [6.45, 7) is 2.90. The van der Waals surface area contributed by atoms with Crippen LogP contribution in [-0.4, -0.2) is 44.9 Å². The molecule has 4 rings (SSSR count). The summed E-state index contributed by atoms with van der Waals surface area (Å²) in [6, 6.07) is 14.1. The van der Waals surface area contributed by atoms with Crippen LogP contribution < -0.4 is 5.32 Å². The van der Waals surface area contributed by atoms with Crippen LogP contribution in [0, 0.1) is 0 Å². The molecule has 1 aliphatic heterocycles. The van der Waals surface area contributed by atoms with Crippen LogP contribution in [-0.2, 0) is 6.54 Å². The highest BCUT2D eigenvalue weighted by Gasteiger charge is 2.23. The fraction of sp³-hybridized carbons (Fsp3) is 0.316. The largest absolute Gasteiger partial charge is 0.347 e. The minimum absolute atomic E-state index is 0.151. The highest BCUT2D eigenvalue weighted by Crippen LogP contribution is 2.17. The predicted octanol–water partition coefficient (Wildman–Crippen LogP) is 2.72. The number of nitrogens with one attached hydrogen (secondary N) is 1. The van der Waals surface area contributed by atoms with Crippen LogP contribution in [0.5, 0.6) is 0 Å². The van der Waals surface area contributed by atoms with E-state index in [9.17, 15) is 4.79 Å². The van der Waals surface area contributed by atoms with Crippen molar-refractivity contribution < 1.29 is 4.79 Å². The van der Waals surface area contributed by atoms with Crippen molar-refractivity contribution in [3.05, 3.63) is 64.6 Å². The Hall–Kier alpha value is -2.51. The van der Waals surface area contributed by atoms with E-state index in [0.717, 1.165) is 38.2 Å². The number of thiophene rings is 1. The molecule has 0 aliphatic carbocycles. The molecule has 1 atom stereocenters. The summed E-state index contributed by atoms with van der Waals surface area (Å²) in [4.78, 5) is 16.3. The third kappa shape index (κ3) is 4.00. The van der Waals surface area contributed by atoms with Gasteiger partial charge in [0.15, 0.2) is 5.69 Å². The molecule has 1 fully saturated rings. The molecule has 0 saturated carbocycles. The van der Waals surface area contributed by atoms with E-state index in [0.29, 0.717) is 5.69 Å². The number of amides is 1. The van der Waals surface area contributed by atoms with Crippen molar-refractivity contribution in [2.45, 2.75) is 25.4 Å². The van der Waals surface area contributed by atoms with Crippen molar-refractivity contribution in [3.8, 4) is 5.69 Å². The standard InChI is InChI=1S/C19H21N5OS/c25-19(18-14-24(22-21-18)16-7-2-1-3-8-16)20-15-6-4-10-23(12-15)13-17-9-5-11-26-17/h1-3,5,7-9,11,14-15H,4,6,10,12-13H2,(H,20,25)/t15-/m0/s1. The van der Waals surface area contributed by atoms with Crippen molar-refractivity contribution in [2.75, 3.05) is 13.1 Å². The lowest BCUT2D eigenvalue weighted by atomic mass is 10.1. The molecule has 1 saturated heterocycles. The van der Waals surface area contributed by atoms with Gasteiger partial charge in [0.2, 0.25) is 0 Å². The Bertz CT molecular complexity index is 846. The van der Waals surface area contributed by atoms with Crippen LogP contribution in [0.2, 0.25) is 0 Å². The second kappa shape index (κ2) is 7.80. The van der Waals surface area contributed by atoms with Crippen LogP contribution in [0.1, 0.15) is 28.2 Å². The summed E-state index contributed by atoms with van der Waals surface area (Å²) in [5.74, 6) is -0.157. The normalized spacial score (nSPS) is 17.9. The van der Waals surface area contributed by atoms with Gasteiger partial charge in [-0.3, -0.25) is 9.69 Å². The number of hydrogen-bond donors (Lipinski definition) is 1. The first-order valence-electron chi connectivity index (χ1n) is 8.81. The van der Waals surface area contributed by atoms with Gasteiger partial charge in [0.25, 0.3) is 5.91 Å². The summed E-state index contributed by atoms with van der Waals surface area (Å²) >= 11 is 1.78. The SMILES string of the molecule is O=C(N[C@H]1CCCN(Cc2cccs2)C1)c1cn(-c2ccccc2)nn1. The number of carbonyl (C=O) groups excluding carboxylic acids is 1. The highest BCUT2D eigenvalue weighted by atomic mass is 32.1. The molecule has 26 heavy (non-hydrogen) atoms. The number of nitrogens with zero attached hydrogens (tertiary/aromatic N) is 4. The number of hydrogen-bond acceptors (Lipinski definition) is 5. The molecule has 1 aromatic carbocycles. The van der Waals surface area contributed by atoms with Crippen molar-refractivity contribution in [1.82, 2.24) is 25.2 Å². The molecule has 0 spiro atoms. The zero-order valence-corrected chi connectivity index (χ0v) is 15.2. The van der Waals surface area contributed by atoms with E-state index in [2.05, 4.69) is 38.0 Å². The lowest BCUT2D eigenvalue weighted by Gasteiger charge is -2.32. The summed E-state index contributed by atoms with van der Waals surface area (Å²) < 4.78 is 1.62. The smallest absolute Gasteiger partial charge is 0.273 e. The van der Waals surface area contributed by atoms with Gasteiger partial charge in [-0.1, -0.05) is 29.5 Å². The minimum Gasteiger partial charge on any atom is -0.347 e. The zero-order valence-electron chi connectivity index (χ0n) is 14.4. The van der Waals surface area contributed by atoms with Gasteiger partial charge >= 0.3 is 0 Å². The van der Waals surface area contributed by atoms with Gasteiger partial charge in [0.05, 0.1) is 11.9 Å². The van der Waals surface area contributed by atoms with E-state index in [1.807, 2.05) is 30.3 Å². The molecule has 0 bridgehead atoms. The van der Waals surface area contributed by atoms with Crippen molar-refractivity contribution >= 4 is 17.2 Å². The first-order valence-corrected chi connectivity index (χ1v) is 9.69. The number of para-hydroxylation sites is 1. The first-order chi connectivity index (χ1) is 12.8. The lowest BCUT2D eigenvalue weighted by molar-refractivity contribution is 0.0896. The van der Waals surface area contributed by atoms with E-state index < -0.39 is 0 Å². The molecule has 1 amide bonds. The van der Waals surface area contributed by atoms with Gasteiger partial charge in [-0.25, -0.2) is 4.68 Å². The number of aromatic nitrogens is 3. The second-order valence-electron chi connectivity index (χ2n) is 6.51. The average Bonchev–Trinajstić information content (AvgIpc) is 3.35. The summed E-state index contributed by atoms with van der Waals surface area (Å²) in [7, 11) is 0. The Kier molecular flexibility index (Phi) is 5.08. The molecule has 1 N–H and O–H groups in total. The summed E-state index contributed by atoms with van der Waals surface area (Å²) in [5.41, 5.74) is 1.24. The summed E-state index contributed by atoms with van der Waals surface area (Å²) in [5, 5.41) is 13.3. The van der Waals surface area contributed by atoms with Gasteiger partial charge in [-0.2, -0.15) is 0 Å². The topological polar surface area (TPSA) is 63.1 Å². The minimum atomic E-state index is -0.157. The molecule has 0 radical (unpaired) electrons. The maximum Gasteiger partial charge on any atom is 0.273 e. The molecule has 1 aliphatic rings. The number of likely N-dealkylation sites (tertiary alicyclic amines) is 1. The number of benzene rings is 1. The number of rotatable bonds is 5. The molecule has 134 valence electrons. The van der Waals surface area contributed by atoms with Crippen molar-refractivity contribution in [1.29, 1.82) is 0 Å². The number of piperidine rings is 1. The summed E-state index contributed by atoms with van der Waals surface area (Å²) in [6.07, 6.45) is 3.77. The Morgan fingerprint density at radius 1 is 1.23 bits per heavy atom. The van der Waals surface area contributed by atoms with Crippen LogP contribution in [0.3, 0.4) is 0 Å². The second-order valence-corrected chi connectivity index (χ2v) is 7.54. The monoisotopic (exact) mass is 367 g/mol. The van der Waals surface area contributed by atoms with E-state index in [-0.39, 0.29) is 11.9 Å². The Morgan fingerprint density at radius 3 is 2.92 bits per heavy atom. The molecule has 6 nitrogen and oxygen atoms in total. The molecule has 2 aromatic heterocycles. The molecule has 7 heteroatoms. The molecule has 0 unspecified atom stereocenters. The predicted molar refractivity (Wildman–Crippen MR) is 101 cm³/mol. The van der Waals surface area contributed by atoms with Gasteiger partial charge in [0.1, 0.15) is 0 Å². The Morgan fingerprint density at radius 2 is 2.12 bits per heavy atom. The third-order valence-corrected chi connectivity index (χ3v) is 5.41. The Balaban J connectivity index is 1.36. The quantitative estimate of drug-likeness (QED) is 0.753. The van der Waals surface area contributed by atoms with Crippen molar-refractivity contribution in [3.63, 3.8) is 0 Å². The van der Waals surface area contributed by atoms with Crippen LogP contribution in [0.25, 0.3) is 5.69 Å². The molecule has 3 aromatic rings. The van der Waals surface area contributed by atoms with Gasteiger partial charge in [0, 0.05) is 24.0 Å². The van der Waals surface area contributed by atoms with Gasteiger partial charge < -0.3 is 5.32 Å². The highest BCUT2D eigenvalue weighted by molar-refractivity contribution is 7.09. The van der Waals surface area contributed by atoms with E-state index in [4.69, 9.17) is 0 Å². The first kappa shape index (κ1) is 16.9. The van der Waals surface area contributed by atoms with Gasteiger partial charge in [-0.15, -0.1) is 16.4 Å². The Labute approximate surface area is 156 Å². The lowest BCUT2D eigenvalue weighted by Crippen LogP contribution is -2.47. The fourth-order valence-corrected chi connectivity index (χ4v) is 4.02. The van der Waals surface area contributed by atoms with E-state index >= 15 is 0 Å². The molecular formula is C19H21N5OS. The van der Waals surface area contributed by atoms with E-state index in [1.165, 1.54) is 4.88 Å². The van der Waals surface area contributed by atoms with Crippen molar-refractivity contribution in [2.24, 2.45) is 0 Å². The van der Waals surface area contributed by atoms with Crippen LogP contribution in [0.4, 0.5) is 0 Å². The van der Waals surface area contributed by atoms with Gasteiger partial charge in [-0.05, 0) is 43.0 Å². The maximum atomic E-state index is 12.5. The van der Waals surface area contributed by atoms with Crippen LogP contribution in [0.15, 0.2) is 54.0 Å². The zero-order chi connectivity index (χ0) is 17.8. The fourth-order valence-electron chi connectivity index (χ4n) is 3.27. The number of carbonyl (C=O) groups is 1. The van der Waals surface area contributed by atoms with Crippen LogP contribution >= 0.6 is 11.3 Å². The molecule has 3 heterocycles. The maximum absolute atomic E-state index is 12.5.